The molecular formula is C12H25NO. The fourth-order valence-corrected chi connectivity index (χ4v) is 2.42. The van der Waals surface area contributed by atoms with Gasteiger partial charge in [0.25, 0.3) is 0 Å². The van der Waals surface area contributed by atoms with Gasteiger partial charge >= 0.3 is 0 Å². The highest BCUT2D eigenvalue weighted by Gasteiger charge is 2.36. The van der Waals surface area contributed by atoms with E-state index in [1.807, 2.05) is 13.8 Å². The monoisotopic (exact) mass is 199 g/mol. The van der Waals surface area contributed by atoms with E-state index in [-0.39, 0.29) is 0 Å². The lowest BCUT2D eigenvalue weighted by Gasteiger charge is -2.37. The smallest absolute Gasteiger partial charge is 0.0746 e. The standard InChI is InChI=1S/C12H25NO/c1-11(2,3)9-13-8-6-7-10(13)12(4,5)14/h10,14H,6-9H2,1-5H3. The lowest BCUT2D eigenvalue weighted by atomic mass is 9.92. The Morgan fingerprint density at radius 2 is 1.79 bits per heavy atom. The van der Waals surface area contributed by atoms with Gasteiger partial charge in [-0.15, -0.1) is 0 Å². The molecule has 1 N–H and O–H groups in total. The molecule has 1 atom stereocenters. The molecule has 0 spiro atoms. The fraction of sp³-hybridized carbons (Fsp3) is 1.00. The van der Waals surface area contributed by atoms with Crippen molar-refractivity contribution in [3.63, 3.8) is 0 Å². The van der Waals surface area contributed by atoms with Crippen molar-refractivity contribution in [2.45, 2.75) is 59.1 Å². The molecule has 0 aromatic carbocycles. The van der Waals surface area contributed by atoms with Crippen molar-refractivity contribution >= 4 is 0 Å². The zero-order valence-electron chi connectivity index (χ0n) is 10.3. The predicted molar refractivity (Wildman–Crippen MR) is 60.3 cm³/mol. The first-order valence-electron chi connectivity index (χ1n) is 5.66. The van der Waals surface area contributed by atoms with E-state index in [9.17, 15) is 5.11 Å². The molecule has 1 unspecified atom stereocenters. The third-order valence-corrected chi connectivity index (χ3v) is 2.86. The predicted octanol–water partition coefficient (Wildman–Crippen LogP) is 2.27. The first-order valence-corrected chi connectivity index (χ1v) is 5.66. The zero-order valence-corrected chi connectivity index (χ0v) is 10.3. The van der Waals surface area contributed by atoms with Crippen LogP contribution in [0.25, 0.3) is 0 Å². The summed E-state index contributed by atoms with van der Waals surface area (Å²) in [7, 11) is 0. The average Bonchev–Trinajstić information content (AvgIpc) is 2.29. The van der Waals surface area contributed by atoms with Crippen molar-refractivity contribution in [2.75, 3.05) is 13.1 Å². The summed E-state index contributed by atoms with van der Waals surface area (Å²) in [6, 6.07) is 0.349. The molecule has 0 bridgehead atoms. The van der Waals surface area contributed by atoms with E-state index >= 15 is 0 Å². The molecule has 1 rings (SSSR count). The molecule has 1 aliphatic rings. The number of hydrogen-bond acceptors (Lipinski definition) is 2. The van der Waals surface area contributed by atoms with Crippen molar-refractivity contribution in [3.8, 4) is 0 Å². The van der Waals surface area contributed by atoms with Crippen molar-refractivity contribution in [1.29, 1.82) is 0 Å². The van der Waals surface area contributed by atoms with Crippen LogP contribution in [0.2, 0.25) is 0 Å². The number of hydrogen-bond donors (Lipinski definition) is 1. The van der Waals surface area contributed by atoms with Crippen LogP contribution < -0.4 is 0 Å². The van der Waals surface area contributed by atoms with E-state index in [0.717, 1.165) is 19.5 Å². The second kappa shape index (κ2) is 3.82. The Balaban J connectivity index is 2.61. The lowest BCUT2D eigenvalue weighted by Crippen LogP contribution is -2.48. The summed E-state index contributed by atoms with van der Waals surface area (Å²) in [4.78, 5) is 2.44. The third-order valence-electron chi connectivity index (χ3n) is 2.86. The summed E-state index contributed by atoms with van der Waals surface area (Å²) < 4.78 is 0. The van der Waals surface area contributed by atoms with Gasteiger partial charge in [-0.05, 0) is 38.6 Å². The Bertz CT molecular complexity index is 187. The van der Waals surface area contributed by atoms with Crippen LogP contribution in [-0.4, -0.2) is 34.7 Å². The van der Waals surface area contributed by atoms with Gasteiger partial charge < -0.3 is 5.11 Å². The van der Waals surface area contributed by atoms with Crippen LogP contribution in [0.15, 0.2) is 0 Å². The summed E-state index contributed by atoms with van der Waals surface area (Å²) >= 11 is 0. The van der Waals surface area contributed by atoms with E-state index < -0.39 is 5.60 Å². The summed E-state index contributed by atoms with van der Waals surface area (Å²) in [6.45, 7) is 12.9. The van der Waals surface area contributed by atoms with Gasteiger partial charge in [0.05, 0.1) is 5.60 Å². The molecule has 84 valence electrons. The summed E-state index contributed by atoms with van der Waals surface area (Å²) in [5.41, 5.74) is -0.227. The van der Waals surface area contributed by atoms with Crippen molar-refractivity contribution < 1.29 is 5.11 Å². The Morgan fingerprint density at radius 3 is 2.21 bits per heavy atom. The van der Waals surface area contributed by atoms with Gasteiger partial charge in [-0.25, -0.2) is 0 Å². The Kier molecular flexibility index (Phi) is 3.27. The molecular weight excluding hydrogens is 174 g/mol. The molecule has 2 heteroatoms. The lowest BCUT2D eigenvalue weighted by molar-refractivity contribution is -0.0113. The molecule has 0 aromatic rings. The molecule has 0 amide bonds. The number of aliphatic hydroxyl groups is 1. The minimum Gasteiger partial charge on any atom is -0.389 e. The number of likely N-dealkylation sites (tertiary alicyclic amines) is 1. The molecule has 1 fully saturated rings. The van der Waals surface area contributed by atoms with Gasteiger partial charge in [0.15, 0.2) is 0 Å². The minimum atomic E-state index is -0.554. The molecule has 0 aromatic heterocycles. The van der Waals surface area contributed by atoms with Crippen LogP contribution in [0.3, 0.4) is 0 Å². The normalized spacial score (nSPS) is 25.7. The van der Waals surface area contributed by atoms with E-state index in [4.69, 9.17) is 0 Å². The molecule has 0 saturated carbocycles. The maximum atomic E-state index is 10.0. The first-order chi connectivity index (χ1) is 6.20. The van der Waals surface area contributed by atoms with Crippen LogP contribution in [0, 0.1) is 5.41 Å². The molecule has 14 heavy (non-hydrogen) atoms. The van der Waals surface area contributed by atoms with Gasteiger partial charge in [-0.1, -0.05) is 20.8 Å². The molecule has 0 aliphatic carbocycles. The molecule has 2 nitrogen and oxygen atoms in total. The second-order valence-corrected chi connectivity index (χ2v) is 6.34. The SMILES string of the molecule is CC(C)(C)CN1CCCC1C(C)(C)O. The van der Waals surface area contributed by atoms with E-state index in [1.54, 1.807) is 0 Å². The van der Waals surface area contributed by atoms with Crippen molar-refractivity contribution in [3.05, 3.63) is 0 Å². The van der Waals surface area contributed by atoms with E-state index in [2.05, 4.69) is 25.7 Å². The van der Waals surface area contributed by atoms with Crippen molar-refractivity contribution in [1.82, 2.24) is 4.90 Å². The van der Waals surface area contributed by atoms with Gasteiger partial charge in [-0.2, -0.15) is 0 Å². The summed E-state index contributed by atoms with van der Waals surface area (Å²) in [5, 5.41) is 10.0. The van der Waals surface area contributed by atoms with Crippen LogP contribution >= 0.6 is 0 Å². The summed E-state index contributed by atoms with van der Waals surface area (Å²) in [6.07, 6.45) is 2.37. The maximum Gasteiger partial charge on any atom is 0.0746 e. The summed E-state index contributed by atoms with van der Waals surface area (Å²) in [5.74, 6) is 0. The van der Waals surface area contributed by atoms with Gasteiger partial charge in [-0.3, -0.25) is 4.90 Å². The van der Waals surface area contributed by atoms with Crippen LogP contribution in [-0.2, 0) is 0 Å². The van der Waals surface area contributed by atoms with Crippen LogP contribution in [0.4, 0.5) is 0 Å². The van der Waals surface area contributed by atoms with E-state index in [1.165, 1.54) is 6.42 Å². The molecule has 1 heterocycles. The average molecular weight is 199 g/mol. The Morgan fingerprint density at radius 1 is 1.21 bits per heavy atom. The largest absolute Gasteiger partial charge is 0.389 e. The highest BCUT2D eigenvalue weighted by atomic mass is 16.3. The minimum absolute atomic E-state index is 0.327. The number of rotatable bonds is 2. The number of nitrogens with zero attached hydrogens (tertiary/aromatic N) is 1. The maximum absolute atomic E-state index is 10.0. The Labute approximate surface area is 88.3 Å². The third kappa shape index (κ3) is 3.25. The Hall–Kier alpha value is -0.0800. The highest BCUT2D eigenvalue weighted by molar-refractivity contribution is 4.92. The zero-order chi connectivity index (χ0) is 11.0. The second-order valence-electron chi connectivity index (χ2n) is 6.34. The van der Waals surface area contributed by atoms with Crippen LogP contribution in [0.5, 0.6) is 0 Å². The van der Waals surface area contributed by atoms with Gasteiger partial charge in [0, 0.05) is 12.6 Å². The highest BCUT2D eigenvalue weighted by Crippen LogP contribution is 2.29. The quantitative estimate of drug-likeness (QED) is 0.737. The fourth-order valence-electron chi connectivity index (χ4n) is 2.42. The molecule has 1 saturated heterocycles. The van der Waals surface area contributed by atoms with E-state index in [0.29, 0.717) is 11.5 Å². The molecule has 1 aliphatic heterocycles. The topological polar surface area (TPSA) is 23.5 Å². The first kappa shape index (κ1) is 12.0. The van der Waals surface area contributed by atoms with Crippen LogP contribution in [0.1, 0.15) is 47.5 Å². The van der Waals surface area contributed by atoms with Crippen molar-refractivity contribution in [2.24, 2.45) is 5.41 Å². The van der Waals surface area contributed by atoms with Gasteiger partial charge in [0.2, 0.25) is 0 Å². The van der Waals surface area contributed by atoms with Gasteiger partial charge in [0.1, 0.15) is 0 Å². The molecule has 0 radical (unpaired) electrons.